The maximum Gasteiger partial charge on any atom is 0.204 e. The van der Waals surface area contributed by atoms with Crippen LogP contribution in [0.5, 0.6) is 0 Å². The number of ketones is 1. The van der Waals surface area contributed by atoms with E-state index >= 15 is 0 Å². The van der Waals surface area contributed by atoms with Crippen molar-refractivity contribution in [3.63, 3.8) is 0 Å². The molecule has 1 heterocycles. The first kappa shape index (κ1) is 13.0. The summed E-state index contributed by atoms with van der Waals surface area (Å²) in [5, 5.41) is 7.97. The highest BCUT2D eigenvalue weighted by Crippen LogP contribution is 2.25. The fraction of sp³-hybridized carbons (Fsp3) is 0. The number of nitrogens with one attached hydrogen (secondary N) is 1. The lowest BCUT2D eigenvalue weighted by atomic mass is 10.0. The Bertz CT molecular complexity index is 838. The van der Waals surface area contributed by atoms with Crippen LogP contribution >= 0.6 is 0 Å². The van der Waals surface area contributed by atoms with Crippen molar-refractivity contribution < 1.29 is 4.79 Å². The van der Waals surface area contributed by atoms with Crippen LogP contribution in [0, 0.1) is 5.41 Å². The fourth-order valence-corrected chi connectivity index (χ4v) is 2.26. The van der Waals surface area contributed by atoms with E-state index in [1.54, 1.807) is 18.2 Å². The van der Waals surface area contributed by atoms with Crippen molar-refractivity contribution in [1.82, 2.24) is 4.98 Å². The third kappa shape index (κ3) is 2.39. The van der Waals surface area contributed by atoms with E-state index in [4.69, 9.17) is 11.1 Å². The van der Waals surface area contributed by atoms with Gasteiger partial charge in [0.15, 0.2) is 0 Å². The van der Waals surface area contributed by atoms with Gasteiger partial charge in [0.1, 0.15) is 0 Å². The molecule has 1 aromatic heterocycles. The Morgan fingerprint density at radius 2 is 1.81 bits per heavy atom. The monoisotopic (exact) mass is 275 g/mol. The molecule has 2 aromatic carbocycles. The van der Waals surface area contributed by atoms with Crippen LogP contribution in [0.1, 0.15) is 10.4 Å². The number of nitrogens with two attached hydrogens (primary N) is 1. The molecular weight excluding hydrogens is 262 g/mol. The Kier molecular flexibility index (Phi) is 3.20. The molecule has 0 aliphatic carbocycles. The molecule has 0 saturated carbocycles. The van der Waals surface area contributed by atoms with E-state index in [0.29, 0.717) is 16.9 Å². The number of carbonyl (C=O) groups is 1. The first-order chi connectivity index (χ1) is 10.2. The number of carbonyl (C=O) groups excluding carboxylic acids is 1. The topological polar surface area (TPSA) is 79.8 Å². The van der Waals surface area contributed by atoms with E-state index < -0.39 is 0 Å². The number of hydrogen-bond acceptors (Lipinski definition) is 4. The molecule has 21 heavy (non-hydrogen) atoms. The molecule has 102 valence electrons. The van der Waals surface area contributed by atoms with Gasteiger partial charge < -0.3 is 11.1 Å². The lowest BCUT2D eigenvalue weighted by Crippen LogP contribution is -2.02. The summed E-state index contributed by atoms with van der Waals surface area (Å²) in [7, 11) is 0. The number of hydrogen-bond donors (Lipinski definition) is 2. The average Bonchev–Trinajstić information content (AvgIpc) is 2.53. The minimum Gasteiger partial charge on any atom is -0.399 e. The van der Waals surface area contributed by atoms with Crippen LogP contribution in [0.3, 0.4) is 0 Å². The number of anilines is 1. The highest BCUT2D eigenvalue weighted by molar-refractivity contribution is 6.37. The predicted molar refractivity (Wildman–Crippen MR) is 84.7 cm³/mol. The lowest BCUT2D eigenvalue weighted by molar-refractivity contribution is 0.107. The zero-order valence-electron chi connectivity index (χ0n) is 11.2. The van der Waals surface area contributed by atoms with Crippen LogP contribution in [0.25, 0.3) is 22.2 Å². The fourth-order valence-electron chi connectivity index (χ4n) is 2.26. The van der Waals surface area contributed by atoms with E-state index in [-0.39, 0.29) is 5.78 Å². The van der Waals surface area contributed by atoms with E-state index in [9.17, 15) is 4.79 Å². The van der Waals surface area contributed by atoms with Crippen molar-refractivity contribution in [2.75, 3.05) is 5.73 Å². The second kappa shape index (κ2) is 5.17. The van der Waals surface area contributed by atoms with Gasteiger partial charge in [-0.3, -0.25) is 4.79 Å². The molecular formula is C17H13N3O. The second-order valence-electron chi connectivity index (χ2n) is 4.70. The molecule has 4 heteroatoms. The smallest absolute Gasteiger partial charge is 0.204 e. The van der Waals surface area contributed by atoms with Crippen molar-refractivity contribution in [3.05, 3.63) is 60.2 Å². The van der Waals surface area contributed by atoms with Crippen molar-refractivity contribution in [2.45, 2.75) is 0 Å². The third-order valence-electron chi connectivity index (χ3n) is 3.32. The molecule has 0 saturated heterocycles. The molecule has 0 spiro atoms. The molecule has 0 aliphatic rings. The zero-order valence-corrected chi connectivity index (χ0v) is 11.2. The van der Waals surface area contributed by atoms with Crippen molar-refractivity contribution >= 4 is 28.6 Å². The van der Waals surface area contributed by atoms with Crippen molar-refractivity contribution in [1.29, 1.82) is 5.41 Å². The number of nitrogens with zero attached hydrogens (tertiary/aromatic N) is 1. The summed E-state index contributed by atoms with van der Waals surface area (Å²) in [5.41, 5.74) is 9.17. The number of nitrogen functional groups attached to an aromatic ring is 1. The van der Waals surface area contributed by atoms with Gasteiger partial charge in [-0.25, -0.2) is 4.98 Å². The molecule has 0 unspecified atom stereocenters. The molecule has 3 rings (SSSR count). The first-order valence-corrected chi connectivity index (χ1v) is 6.49. The van der Waals surface area contributed by atoms with E-state index in [2.05, 4.69) is 4.98 Å². The molecule has 0 fully saturated rings. The average molecular weight is 275 g/mol. The van der Waals surface area contributed by atoms with Crippen molar-refractivity contribution in [2.24, 2.45) is 0 Å². The number of fused-ring (bicyclic) bond motifs is 1. The number of benzene rings is 2. The molecule has 0 radical (unpaired) electrons. The Hall–Kier alpha value is -3.01. The lowest BCUT2D eigenvalue weighted by Gasteiger charge is -2.08. The quantitative estimate of drug-likeness (QED) is 0.437. The van der Waals surface area contributed by atoms with Gasteiger partial charge >= 0.3 is 0 Å². The van der Waals surface area contributed by atoms with Crippen LogP contribution < -0.4 is 5.73 Å². The largest absolute Gasteiger partial charge is 0.399 e. The number of Topliss-reactive ketones (excluding diaryl/α,β-unsaturated/α-hetero) is 1. The van der Waals surface area contributed by atoms with E-state index in [1.165, 1.54) is 0 Å². The maximum absolute atomic E-state index is 12.0. The van der Waals surface area contributed by atoms with Crippen LogP contribution in [-0.2, 0) is 0 Å². The normalized spacial score (nSPS) is 10.5. The molecule has 0 atom stereocenters. The van der Waals surface area contributed by atoms with Crippen LogP contribution in [0.4, 0.5) is 5.69 Å². The van der Waals surface area contributed by atoms with E-state index in [1.807, 2.05) is 36.4 Å². The SMILES string of the molecule is N=CC(=O)c1cc(-c2ccc(N)cc2)nc2ccccc12. The minimum atomic E-state index is -0.328. The summed E-state index contributed by atoms with van der Waals surface area (Å²) in [6.45, 7) is 0. The van der Waals surface area contributed by atoms with Crippen LogP contribution in [-0.4, -0.2) is 17.0 Å². The number of rotatable bonds is 3. The summed E-state index contributed by atoms with van der Waals surface area (Å²) in [6.07, 6.45) is 0.828. The molecule has 3 aromatic rings. The minimum absolute atomic E-state index is 0.328. The van der Waals surface area contributed by atoms with Gasteiger partial charge in [0.05, 0.1) is 17.4 Å². The van der Waals surface area contributed by atoms with Crippen LogP contribution in [0.15, 0.2) is 54.6 Å². The zero-order chi connectivity index (χ0) is 14.8. The van der Waals surface area contributed by atoms with Gasteiger partial charge in [-0.2, -0.15) is 0 Å². The molecule has 0 amide bonds. The summed E-state index contributed by atoms with van der Waals surface area (Å²) < 4.78 is 0. The van der Waals surface area contributed by atoms with Crippen molar-refractivity contribution in [3.8, 4) is 11.3 Å². The molecule has 4 nitrogen and oxygen atoms in total. The number of para-hydroxylation sites is 1. The standard InChI is InChI=1S/C17H13N3O/c18-10-17(21)14-9-16(11-5-7-12(19)8-6-11)20-15-4-2-1-3-13(14)15/h1-10,18H,19H2. The Morgan fingerprint density at radius 3 is 2.52 bits per heavy atom. The summed E-state index contributed by atoms with van der Waals surface area (Å²) >= 11 is 0. The predicted octanol–water partition coefficient (Wildman–Crippen LogP) is 3.32. The molecule has 0 aliphatic heterocycles. The Balaban J connectivity index is 2.27. The first-order valence-electron chi connectivity index (χ1n) is 6.49. The van der Waals surface area contributed by atoms with E-state index in [0.717, 1.165) is 22.7 Å². The molecule has 0 bridgehead atoms. The van der Waals surface area contributed by atoms with Gasteiger partial charge in [0.25, 0.3) is 0 Å². The van der Waals surface area contributed by atoms with Gasteiger partial charge in [0.2, 0.25) is 5.78 Å². The summed E-state index contributed by atoms with van der Waals surface area (Å²) in [5.74, 6) is -0.328. The molecule has 3 N–H and O–H groups in total. The van der Waals surface area contributed by atoms with Gasteiger partial charge in [-0.15, -0.1) is 0 Å². The van der Waals surface area contributed by atoms with Crippen LogP contribution in [0.2, 0.25) is 0 Å². The summed E-state index contributed by atoms with van der Waals surface area (Å²) in [6, 6.07) is 16.5. The second-order valence-corrected chi connectivity index (χ2v) is 4.70. The third-order valence-corrected chi connectivity index (χ3v) is 3.32. The van der Waals surface area contributed by atoms with Gasteiger partial charge in [0, 0.05) is 22.2 Å². The number of aromatic nitrogens is 1. The number of pyridine rings is 1. The Morgan fingerprint density at radius 1 is 1.10 bits per heavy atom. The van der Waals surface area contributed by atoms with Gasteiger partial charge in [-0.1, -0.05) is 30.3 Å². The summed E-state index contributed by atoms with van der Waals surface area (Å²) in [4.78, 5) is 16.6. The highest BCUT2D eigenvalue weighted by atomic mass is 16.1. The highest BCUT2D eigenvalue weighted by Gasteiger charge is 2.11. The van der Waals surface area contributed by atoms with Gasteiger partial charge in [-0.05, 0) is 24.3 Å². The Labute approximate surface area is 121 Å². The maximum atomic E-state index is 12.0.